The highest BCUT2D eigenvalue weighted by atomic mass is 16.8. The molecule has 59 heavy (non-hydrogen) atoms. The average Bonchev–Trinajstić information content (AvgIpc) is 3.98. The second-order valence-corrected chi connectivity index (χ2v) is 17.9. The van der Waals surface area contributed by atoms with E-state index < -0.39 is 89.7 Å². The molecule has 15 heteroatoms. The number of rotatable bonds is 11. The maximum Gasteiger partial charge on any atom is 0.327 e. The van der Waals surface area contributed by atoms with Crippen LogP contribution in [-0.2, 0) is 67.1 Å². The second kappa shape index (κ2) is 15.7. The number of hydroxylamine groups is 2. The van der Waals surface area contributed by atoms with Gasteiger partial charge in [-0.1, -0.05) is 48.5 Å². The Balaban J connectivity index is 1.07. The molecule has 2 aromatic carbocycles. The Morgan fingerprint density at radius 2 is 1.73 bits per heavy atom. The van der Waals surface area contributed by atoms with Gasteiger partial charge >= 0.3 is 11.9 Å². The van der Waals surface area contributed by atoms with Gasteiger partial charge in [-0.2, -0.15) is 5.06 Å². The van der Waals surface area contributed by atoms with Crippen LogP contribution in [0.1, 0.15) is 75.1 Å². The lowest BCUT2D eigenvalue weighted by molar-refractivity contribution is -0.218. The molecule has 3 amide bonds. The zero-order valence-corrected chi connectivity index (χ0v) is 34.3. The van der Waals surface area contributed by atoms with Crippen LogP contribution in [0.25, 0.3) is 6.08 Å². The molecule has 8 rings (SSSR count). The number of nitrogens with one attached hydrogen (secondary N) is 1. The molecule has 5 fully saturated rings. The summed E-state index contributed by atoms with van der Waals surface area (Å²) in [6.45, 7) is 5.30. The molecule has 0 unspecified atom stereocenters. The lowest BCUT2D eigenvalue weighted by Gasteiger charge is -2.50. The smallest absolute Gasteiger partial charge is 0.327 e. The van der Waals surface area contributed by atoms with E-state index in [9.17, 15) is 24.3 Å². The number of carbonyl (C=O) groups excluding carboxylic acids is 5. The molecule has 1 spiro atoms. The molecule has 4 saturated heterocycles. The summed E-state index contributed by atoms with van der Waals surface area (Å²) in [5, 5.41) is 14.6. The van der Waals surface area contributed by atoms with E-state index in [1.54, 1.807) is 45.8 Å². The van der Waals surface area contributed by atoms with Gasteiger partial charge in [0.15, 0.2) is 11.8 Å². The van der Waals surface area contributed by atoms with Crippen molar-refractivity contribution in [1.29, 1.82) is 0 Å². The van der Waals surface area contributed by atoms with Crippen LogP contribution in [0.5, 0.6) is 0 Å². The zero-order valence-electron chi connectivity index (χ0n) is 34.3. The first kappa shape index (κ1) is 41.1. The number of fused-ring (bicyclic) bond motifs is 5. The number of nitrogens with zero attached hydrogens (tertiary/aromatic N) is 3. The number of amides is 3. The minimum Gasteiger partial charge on any atom is -0.460 e. The fourth-order valence-corrected chi connectivity index (χ4v) is 9.71. The summed E-state index contributed by atoms with van der Waals surface area (Å²) in [5.41, 5.74) is 1.65. The van der Waals surface area contributed by atoms with Crippen molar-refractivity contribution >= 4 is 35.7 Å². The molecule has 8 atom stereocenters. The van der Waals surface area contributed by atoms with Gasteiger partial charge in [-0.15, -0.1) is 0 Å². The number of likely N-dealkylation sites (tertiary alicyclic amines) is 1. The van der Waals surface area contributed by atoms with E-state index in [4.69, 9.17) is 23.8 Å². The van der Waals surface area contributed by atoms with Crippen molar-refractivity contribution in [3.05, 3.63) is 76.9 Å². The van der Waals surface area contributed by atoms with E-state index in [1.165, 1.54) is 16.0 Å². The Morgan fingerprint density at radius 1 is 1.03 bits per heavy atom. The quantitative estimate of drug-likeness (QED) is 0.251. The molecule has 2 aromatic rings. The molecule has 0 aromatic heterocycles. The molecule has 316 valence electrons. The molecular formula is C44H54N4O11. The van der Waals surface area contributed by atoms with Crippen molar-refractivity contribution < 1.29 is 52.9 Å². The summed E-state index contributed by atoms with van der Waals surface area (Å²) in [6, 6.07) is 12.7. The fourth-order valence-electron chi connectivity index (χ4n) is 9.71. The Labute approximate surface area is 343 Å². The molecule has 4 aliphatic heterocycles. The van der Waals surface area contributed by atoms with Gasteiger partial charge in [0.2, 0.25) is 17.7 Å². The average molecular weight is 815 g/mol. The highest BCUT2D eigenvalue weighted by molar-refractivity contribution is 5.97. The van der Waals surface area contributed by atoms with Gasteiger partial charge in [0.1, 0.15) is 41.5 Å². The summed E-state index contributed by atoms with van der Waals surface area (Å²) in [7, 11) is 3.36. The van der Waals surface area contributed by atoms with Crippen molar-refractivity contribution in [1.82, 2.24) is 20.2 Å². The topological polar surface area (TPSA) is 173 Å². The maximum atomic E-state index is 15.4. The first-order valence-corrected chi connectivity index (χ1v) is 20.6. The highest BCUT2D eigenvalue weighted by Crippen LogP contribution is 2.59. The lowest BCUT2D eigenvalue weighted by atomic mass is 9.62. The van der Waals surface area contributed by atoms with E-state index >= 15 is 4.79 Å². The number of aliphatic hydroxyl groups excluding tert-OH is 1. The molecular weight excluding hydrogens is 761 g/mol. The van der Waals surface area contributed by atoms with Gasteiger partial charge in [-0.3, -0.25) is 28.8 Å². The minimum atomic E-state index is -1.48. The second-order valence-electron chi connectivity index (χ2n) is 17.9. The van der Waals surface area contributed by atoms with Gasteiger partial charge in [0.05, 0.1) is 19.2 Å². The van der Waals surface area contributed by atoms with E-state index in [2.05, 4.69) is 5.32 Å². The normalized spacial score (nSPS) is 29.6. The molecule has 2 N–H and O–H groups in total. The number of hydrogen-bond donors (Lipinski definition) is 2. The number of hydrogen-bond acceptors (Lipinski definition) is 12. The van der Waals surface area contributed by atoms with Crippen molar-refractivity contribution in [2.75, 3.05) is 27.2 Å². The van der Waals surface area contributed by atoms with Crippen LogP contribution in [0.2, 0.25) is 0 Å². The molecule has 6 aliphatic rings. The van der Waals surface area contributed by atoms with Crippen LogP contribution in [0, 0.1) is 5.41 Å². The van der Waals surface area contributed by atoms with Crippen LogP contribution < -0.4 is 5.32 Å². The predicted molar refractivity (Wildman–Crippen MR) is 210 cm³/mol. The van der Waals surface area contributed by atoms with Gasteiger partial charge in [0.25, 0.3) is 0 Å². The van der Waals surface area contributed by atoms with Crippen molar-refractivity contribution in [3.63, 3.8) is 0 Å². The first-order chi connectivity index (χ1) is 28.1. The summed E-state index contributed by atoms with van der Waals surface area (Å²) in [4.78, 5) is 78.1. The van der Waals surface area contributed by atoms with Crippen molar-refractivity contribution in [2.45, 2.75) is 126 Å². The third-order valence-electron chi connectivity index (χ3n) is 12.4. The Morgan fingerprint density at radius 3 is 2.39 bits per heavy atom. The van der Waals surface area contributed by atoms with Crippen LogP contribution >= 0.6 is 0 Å². The van der Waals surface area contributed by atoms with E-state index in [-0.39, 0.29) is 38.3 Å². The summed E-state index contributed by atoms with van der Waals surface area (Å²) >= 11 is 0. The summed E-state index contributed by atoms with van der Waals surface area (Å²) in [6.07, 6.45) is 2.17. The number of ether oxygens (including phenoxy) is 4. The first-order valence-electron chi connectivity index (χ1n) is 20.6. The summed E-state index contributed by atoms with van der Waals surface area (Å²) in [5.74, 6) is -3.07. The van der Waals surface area contributed by atoms with Crippen molar-refractivity contribution in [2.24, 2.45) is 5.41 Å². The van der Waals surface area contributed by atoms with Crippen LogP contribution in [0.15, 0.2) is 54.6 Å². The van der Waals surface area contributed by atoms with E-state index in [1.807, 2.05) is 48.5 Å². The lowest BCUT2D eigenvalue weighted by Crippen LogP contribution is -2.70. The number of benzene rings is 2. The molecule has 15 nitrogen and oxygen atoms in total. The number of esters is 2. The molecule has 2 bridgehead atoms. The van der Waals surface area contributed by atoms with Crippen molar-refractivity contribution in [3.8, 4) is 0 Å². The van der Waals surface area contributed by atoms with Crippen LogP contribution in [-0.4, -0.2) is 131 Å². The Hall–Kier alpha value is -4.67. The molecule has 1 saturated carbocycles. The molecule has 0 radical (unpaired) electrons. The zero-order chi connectivity index (χ0) is 41.9. The monoisotopic (exact) mass is 814 g/mol. The molecule has 2 aliphatic carbocycles. The third-order valence-corrected chi connectivity index (χ3v) is 12.4. The largest absolute Gasteiger partial charge is 0.460 e. The van der Waals surface area contributed by atoms with E-state index in [0.717, 1.165) is 22.3 Å². The van der Waals surface area contributed by atoms with Gasteiger partial charge in [-0.25, -0.2) is 0 Å². The standard InChI is InChI=1S/C44H54N4O11/c1-42(2,3)56-34(51)19-17-30(25-49)45-39(52)31-11-8-20-47(31)41(54)44-23-32-35-36(58-43(57-35)21-28-9-6-7-10-29(28)22-43)38(44)59-48(37(44)40(53)55-32)24-27-14-12-26(13-15-27)16-18-33(50)46(4)5/h6-7,9-10,12-16,18,30-32,35-38,49H,8,11,17,19-25H2,1-5H3,(H,45,52)/t30-,31+,32-,35-,36-,37-,38+,44-/m0/s1. The SMILES string of the molecule is CN(C)C(=O)C=Cc1ccc(CN2O[C@@H]3[C@H]4OC5(Cc6ccccc6C5)O[C@H]4[C@@H]4C[C@]3(C(=O)N3CCC[C@@H]3C(=O)N[C@H](CO)CCC(=O)OC(C)(C)C)[C@@H]2C(=O)O4)cc1. The number of carbonyl (C=O) groups is 5. The fraction of sp³-hybridized carbons (Fsp3) is 0.568. The Kier molecular flexibility index (Phi) is 11.0. The Bertz CT molecular complexity index is 1990. The predicted octanol–water partition coefficient (Wildman–Crippen LogP) is 2.46. The number of aliphatic hydroxyl groups is 1. The molecule has 4 heterocycles. The van der Waals surface area contributed by atoms with Crippen LogP contribution in [0.3, 0.4) is 0 Å². The minimum absolute atomic E-state index is 0.00795. The van der Waals surface area contributed by atoms with Gasteiger partial charge < -0.3 is 39.2 Å². The summed E-state index contributed by atoms with van der Waals surface area (Å²) < 4.78 is 25.2. The highest BCUT2D eigenvalue weighted by Gasteiger charge is 2.77. The third kappa shape index (κ3) is 7.79. The van der Waals surface area contributed by atoms with Crippen LogP contribution in [0.4, 0.5) is 0 Å². The van der Waals surface area contributed by atoms with Gasteiger partial charge in [-0.05, 0) is 68.4 Å². The maximum absolute atomic E-state index is 15.4. The van der Waals surface area contributed by atoms with E-state index in [0.29, 0.717) is 25.7 Å². The number of likely N-dealkylation sites (N-methyl/N-ethyl adjacent to an activating group) is 1. The van der Waals surface area contributed by atoms with Gasteiger partial charge in [0, 0.05) is 52.4 Å².